The van der Waals surface area contributed by atoms with E-state index in [0.29, 0.717) is 11.6 Å². The van der Waals surface area contributed by atoms with Gasteiger partial charge < -0.3 is 4.90 Å². The van der Waals surface area contributed by atoms with Crippen LogP contribution in [-0.4, -0.2) is 23.9 Å². The summed E-state index contributed by atoms with van der Waals surface area (Å²) in [4.78, 5) is 17.0. The summed E-state index contributed by atoms with van der Waals surface area (Å²) in [6.07, 6.45) is 3.52. The minimum absolute atomic E-state index is 0.476. The van der Waals surface area contributed by atoms with E-state index in [1.807, 2.05) is 6.07 Å². The maximum absolute atomic E-state index is 10.5. The molecule has 0 N–H and O–H groups in total. The van der Waals surface area contributed by atoms with Crippen molar-refractivity contribution in [3.8, 4) is 0 Å². The van der Waals surface area contributed by atoms with Crippen molar-refractivity contribution in [2.45, 2.75) is 33.2 Å². The van der Waals surface area contributed by atoms with Crippen molar-refractivity contribution in [2.24, 2.45) is 0 Å². The molecule has 1 aromatic rings. The van der Waals surface area contributed by atoms with Crippen molar-refractivity contribution < 1.29 is 4.79 Å². The molecular formula is C12H18N2O. The second-order valence-corrected chi connectivity index (χ2v) is 3.61. The maximum Gasteiger partial charge on any atom is 0.151 e. The number of carbonyl (C=O) groups is 1. The fourth-order valence-corrected chi connectivity index (χ4v) is 1.56. The van der Waals surface area contributed by atoms with E-state index in [1.54, 1.807) is 12.3 Å². The first-order chi connectivity index (χ1) is 7.22. The lowest BCUT2D eigenvalue weighted by molar-refractivity contribution is 0.112. The quantitative estimate of drug-likeness (QED) is 0.694. The van der Waals surface area contributed by atoms with E-state index < -0.39 is 0 Å². The second-order valence-electron chi connectivity index (χ2n) is 3.61. The highest BCUT2D eigenvalue weighted by Crippen LogP contribution is 2.15. The Morgan fingerprint density at radius 2 is 2.20 bits per heavy atom. The van der Waals surface area contributed by atoms with E-state index >= 15 is 0 Å². The molecule has 0 saturated carbocycles. The van der Waals surface area contributed by atoms with E-state index in [-0.39, 0.29) is 0 Å². The summed E-state index contributed by atoms with van der Waals surface area (Å²) < 4.78 is 0. The molecule has 0 aromatic carbocycles. The predicted octanol–water partition coefficient (Wildman–Crippen LogP) is 2.52. The Morgan fingerprint density at radius 1 is 1.47 bits per heavy atom. The normalized spacial score (nSPS) is 12.2. The van der Waals surface area contributed by atoms with Crippen LogP contribution in [0.3, 0.4) is 0 Å². The summed E-state index contributed by atoms with van der Waals surface area (Å²) in [5.41, 5.74) is 0.624. The third-order valence-electron chi connectivity index (χ3n) is 2.66. The standard InChI is InChI=1S/C12H18N2O/c1-4-10(3)14(5-2)12-7-6-11(9-15)8-13-12/h6-10H,4-5H2,1-3H3. The zero-order valence-corrected chi connectivity index (χ0v) is 9.60. The van der Waals surface area contributed by atoms with Gasteiger partial charge in [-0.3, -0.25) is 4.79 Å². The summed E-state index contributed by atoms with van der Waals surface area (Å²) in [5, 5.41) is 0. The van der Waals surface area contributed by atoms with Gasteiger partial charge in [-0.2, -0.15) is 0 Å². The van der Waals surface area contributed by atoms with Crippen LogP contribution in [-0.2, 0) is 0 Å². The average Bonchev–Trinajstić information content (AvgIpc) is 2.30. The Morgan fingerprint density at radius 3 is 2.60 bits per heavy atom. The highest BCUT2D eigenvalue weighted by Gasteiger charge is 2.11. The molecule has 0 radical (unpaired) electrons. The van der Waals surface area contributed by atoms with Gasteiger partial charge in [0.05, 0.1) is 0 Å². The van der Waals surface area contributed by atoms with Gasteiger partial charge in [-0.15, -0.1) is 0 Å². The van der Waals surface area contributed by atoms with Crippen LogP contribution in [0.1, 0.15) is 37.6 Å². The molecule has 0 amide bonds. The molecular weight excluding hydrogens is 188 g/mol. The number of hydrogen-bond acceptors (Lipinski definition) is 3. The zero-order chi connectivity index (χ0) is 11.3. The molecule has 15 heavy (non-hydrogen) atoms. The Balaban J connectivity index is 2.87. The van der Waals surface area contributed by atoms with Gasteiger partial charge in [0.25, 0.3) is 0 Å². The highest BCUT2D eigenvalue weighted by atomic mass is 16.1. The number of carbonyl (C=O) groups excluding carboxylic acids is 1. The van der Waals surface area contributed by atoms with Crippen LogP contribution in [0.5, 0.6) is 0 Å². The molecule has 0 aliphatic heterocycles. The lowest BCUT2D eigenvalue weighted by atomic mass is 10.2. The van der Waals surface area contributed by atoms with Gasteiger partial charge in [0.1, 0.15) is 5.82 Å². The molecule has 0 fully saturated rings. The lowest BCUT2D eigenvalue weighted by Gasteiger charge is -2.28. The third kappa shape index (κ3) is 2.78. The molecule has 3 heteroatoms. The molecule has 1 aromatic heterocycles. The minimum atomic E-state index is 0.476. The van der Waals surface area contributed by atoms with Crippen LogP contribution < -0.4 is 4.90 Å². The van der Waals surface area contributed by atoms with Gasteiger partial charge in [0.15, 0.2) is 6.29 Å². The fraction of sp³-hybridized carbons (Fsp3) is 0.500. The number of aldehydes is 1. The molecule has 0 saturated heterocycles. The van der Waals surface area contributed by atoms with Crippen LogP contribution in [0.25, 0.3) is 0 Å². The first-order valence-corrected chi connectivity index (χ1v) is 5.40. The summed E-state index contributed by atoms with van der Waals surface area (Å²) in [5.74, 6) is 0.942. The second kappa shape index (κ2) is 5.49. The number of nitrogens with zero attached hydrogens (tertiary/aromatic N) is 2. The predicted molar refractivity (Wildman–Crippen MR) is 62.4 cm³/mol. The smallest absolute Gasteiger partial charge is 0.151 e. The number of anilines is 1. The summed E-state index contributed by atoms with van der Waals surface area (Å²) >= 11 is 0. The van der Waals surface area contributed by atoms with Crippen molar-refractivity contribution >= 4 is 12.1 Å². The molecule has 1 atom stereocenters. The minimum Gasteiger partial charge on any atom is -0.354 e. The average molecular weight is 206 g/mol. The van der Waals surface area contributed by atoms with Gasteiger partial charge in [-0.1, -0.05) is 6.92 Å². The Kier molecular flexibility index (Phi) is 4.28. The van der Waals surface area contributed by atoms with Crippen molar-refractivity contribution in [3.05, 3.63) is 23.9 Å². The molecule has 0 spiro atoms. The largest absolute Gasteiger partial charge is 0.354 e. The number of rotatable bonds is 5. The summed E-state index contributed by atoms with van der Waals surface area (Å²) in [6, 6.07) is 4.18. The first-order valence-electron chi connectivity index (χ1n) is 5.40. The molecule has 0 aliphatic carbocycles. The first kappa shape index (κ1) is 11.7. The van der Waals surface area contributed by atoms with Gasteiger partial charge >= 0.3 is 0 Å². The van der Waals surface area contributed by atoms with Crippen LogP contribution in [0.2, 0.25) is 0 Å². The number of hydrogen-bond donors (Lipinski definition) is 0. The Hall–Kier alpha value is -1.38. The highest BCUT2D eigenvalue weighted by molar-refractivity contribution is 5.74. The molecule has 0 bridgehead atoms. The molecule has 1 rings (SSSR count). The number of aromatic nitrogens is 1. The van der Waals surface area contributed by atoms with Crippen molar-refractivity contribution in [3.63, 3.8) is 0 Å². The van der Waals surface area contributed by atoms with E-state index in [4.69, 9.17) is 0 Å². The Bertz CT molecular complexity index is 308. The molecule has 3 nitrogen and oxygen atoms in total. The van der Waals surface area contributed by atoms with Crippen molar-refractivity contribution in [1.82, 2.24) is 4.98 Å². The van der Waals surface area contributed by atoms with Crippen LogP contribution >= 0.6 is 0 Å². The van der Waals surface area contributed by atoms with Crippen molar-refractivity contribution in [2.75, 3.05) is 11.4 Å². The fourth-order valence-electron chi connectivity index (χ4n) is 1.56. The van der Waals surface area contributed by atoms with Gasteiger partial charge in [0.2, 0.25) is 0 Å². The van der Waals surface area contributed by atoms with E-state index in [2.05, 4.69) is 30.7 Å². The number of pyridine rings is 1. The van der Waals surface area contributed by atoms with E-state index in [1.165, 1.54) is 0 Å². The molecule has 0 aliphatic rings. The monoisotopic (exact) mass is 206 g/mol. The zero-order valence-electron chi connectivity index (χ0n) is 9.60. The van der Waals surface area contributed by atoms with Gasteiger partial charge in [-0.25, -0.2) is 4.98 Å². The van der Waals surface area contributed by atoms with Crippen LogP contribution in [0.4, 0.5) is 5.82 Å². The van der Waals surface area contributed by atoms with Gasteiger partial charge in [0, 0.05) is 24.3 Å². The molecule has 82 valence electrons. The van der Waals surface area contributed by atoms with Crippen LogP contribution in [0.15, 0.2) is 18.3 Å². The van der Waals surface area contributed by atoms with E-state index in [0.717, 1.165) is 25.1 Å². The topological polar surface area (TPSA) is 33.2 Å². The SMILES string of the molecule is CCC(C)N(CC)c1ccc(C=O)cn1. The third-order valence-corrected chi connectivity index (χ3v) is 2.66. The Labute approximate surface area is 91.1 Å². The molecule has 1 unspecified atom stereocenters. The van der Waals surface area contributed by atoms with Crippen LogP contribution in [0, 0.1) is 0 Å². The van der Waals surface area contributed by atoms with Crippen molar-refractivity contribution in [1.29, 1.82) is 0 Å². The summed E-state index contributed by atoms with van der Waals surface area (Å²) in [6.45, 7) is 7.38. The molecule has 1 heterocycles. The van der Waals surface area contributed by atoms with Gasteiger partial charge in [-0.05, 0) is 32.4 Å². The van der Waals surface area contributed by atoms with E-state index in [9.17, 15) is 4.79 Å². The lowest BCUT2D eigenvalue weighted by Crippen LogP contribution is -2.32. The maximum atomic E-state index is 10.5. The summed E-state index contributed by atoms with van der Waals surface area (Å²) in [7, 11) is 0.